The number of benzene rings is 3. The van der Waals surface area contributed by atoms with Gasteiger partial charge < -0.3 is 20.1 Å². The quantitative estimate of drug-likeness (QED) is 0.285. The molecule has 0 bridgehead atoms. The average Bonchev–Trinajstić information content (AvgIpc) is 3.58. The second kappa shape index (κ2) is 12.8. The number of amides is 2. The molecule has 44 heavy (non-hydrogen) atoms. The van der Waals surface area contributed by atoms with E-state index >= 15 is 0 Å². The Kier molecular flexibility index (Phi) is 8.67. The first kappa shape index (κ1) is 29.8. The summed E-state index contributed by atoms with van der Waals surface area (Å²) < 4.78 is 7.25. The summed E-state index contributed by atoms with van der Waals surface area (Å²) in [6.07, 6.45) is 3.43. The molecule has 10 heteroatoms. The zero-order valence-corrected chi connectivity index (χ0v) is 25.7. The van der Waals surface area contributed by atoms with Crippen LogP contribution in [0.1, 0.15) is 29.5 Å². The molecule has 2 fully saturated rings. The van der Waals surface area contributed by atoms with E-state index in [0.29, 0.717) is 59.3 Å². The number of phenols is 1. The lowest BCUT2D eigenvalue weighted by atomic mass is 10.0. The van der Waals surface area contributed by atoms with E-state index in [1.54, 1.807) is 54.0 Å². The third-order valence-corrected chi connectivity index (χ3v) is 9.70. The number of hydrogen-bond acceptors (Lipinski definition) is 6. The van der Waals surface area contributed by atoms with Gasteiger partial charge in [0.05, 0.1) is 16.9 Å². The smallest absolute Gasteiger partial charge is 0.248 e. The van der Waals surface area contributed by atoms with E-state index in [1.165, 1.54) is 6.07 Å². The van der Waals surface area contributed by atoms with Crippen LogP contribution < -0.4 is 5.32 Å². The van der Waals surface area contributed by atoms with Crippen LogP contribution in [0, 0.1) is 11.8 Å². The molecule has 1 atom stereocenters. The first-order valence-electron chi connectivity index (χ1n) is 14.3. The van der Waals surface area contributed by atoms with Crippen molar-refractivity contribution >= 4 is 40.9 Å². The number of aromatic hydroxyl groups is 1. The number of anilines is 1. The highest BCUT2D eigenvalue weighted by Crippen LogP contribution is 2.46. The van der Waals surface area contributed by atoms with Crippen molar-refractivity contribution in [2.45, 2.75) is 30.2 Å². The summed E-state index contributed by atoms with van der Waals surface area (Å²) in [4.78, 5) is 28.7. The first-order valence-corrected chi connectivity index (χ1v) is 15.7. The maximum Gasteiger partial charge on any atom is 0.248 e. The van der Waals surface area contributed by atoms with Crippen LogP contribution in [0.15, 0.2) is 79.0 Å². The van der Waals surface area contributed by atoms with Crippen LogP contribution in [0.25, 0.3) is 11.3 Å². The number of carbonyl (C=O) groups is 2. The molecule has 2 amide bonds. The number of phenolic OH excluding ortho intramolecular Hbond substituents is 1. The number of nitrogens with zero attached hydrogens (tertiary/aromatic N) is 3. The second-order valence-corrected chi connectivity index (χ2v) is 12.7. The monoisotopic (exact) mass is 626 g/mol. The topological polar surface area (TPSA) is 96.7 Å². The third-order valence-electron chi connectivity index (χ3n) is 7.84. The average molecular weight is 627 g/mol. The molecule has 1 spiro atoms. The minimum absolute atomic E-state index is 0.0465. The van der Waals surface area contributed by atoms with Crippen LogP contribution in [-0.4, -0.2) is 61.5 Å². The highest BCUT2D eigenvalue weighted by molar-refractivity contribution is 8.01. The molecule has 1 aromatic heterocycles. The number of aryl methyl sites for hydroxylation is 1. The van der Waals surface area contributed by atoms with E-state index in [4.69, 9.17) is 16.3 Å². The zero-order valence-electron chi connectivity index (χ0n) is 24.1. The molecule has 8 nitrogen and oxygen atoms in total. The number of thioether (sulfide) groups is 1. The molecule has 3 aromatic carbocycles. The zero-order chi connectivity index (χ0) is 30.7. The van der Waals surface area contributed by atoms with Crippen LogP contribution in [-0.2, 0) is 27.8 Å². The molecule has 2 aliphatic rings. The van der Waals surface area contributed by atoms with Crippen molar-refractivity contribution in [2.75, 3.05) is 24.3 Å². The minimum Gasteiger partial charge on any atom is -0.507 e. The summed E-state index contributed by atoms with van der Waals surface area (Å²) >= 11 is 7.83. The number of carbonyl (C=O) groups excluding carboxylic acids is 2. The Morgan fingerprint density at radius 3 is 2.59 bits per heavy atom. The number of rotatable bonds is 5. The predicted molar refractivity (Wildman–Crippen MR) is 172 cm³/mol. The van der Waals surface area contributed by atoms with E-state index in [9.17, 15) is 14.7 Å². The van der Waals surface area contributed by atoms with E-state index in [1.807, 2.05) is 47.4 Å². The van der Waals surface area contributed by atoms with Crippen molar-refractivity contribution < 1.29 is 19.4 Å². The first-order chi connectivity index (χ1) is 21.3. The molecule has 2 aliphatic heterocycles. The number of halogens is 1. The van der Waals surface area contributed by atoms with E-state index in [2.05, 4.69) is 22.3 Å². The summed E-state index contributed by atoms with van der Waals surface area (Å²) in [6, 6.07) is 21.1. The van der Waals surface area contributed by atoms with Crippen LogP contribution in [0.2, 0.25) is 5.02 Å². The van der Waals surface area contributed by atoms with Gasteiger partial charge >= 0.3 is 0 Å². The molecule has 3 heterocycles. The van der Waals surface area contributed by atoms with Crippen LogP contribution in [0.5, 0.6) is 5.75 Å². The van der Waals surface area contributed by atoms with E-state index < -0.39 is 10.9 Å². The Balaban J connectivity index is 1.18. The molecular formula is C34H31ClN4O4S. The van der Waals surface area contributed by atoms with Gasteiger partial charge in [0.1, 0.15) is 17.5 Å². The minimum atomic E-state index is -0.583. The number of ether oxygens (including phenoxy) is 1. The van der Waals surface area contributed by atoms with Gasteiger partial charge in [0, 0.05) is 66.9 Å². The lowest BCUT2D eigenvalue weighted by Crippen LogP contribution is -2.56. The molecule has 0 radical (unpaired) electrons. The van der Waals surface area contributed by atoms with Gasteiger partial charge in [-0.2, -0.15) is 5.10 Å². The molecule has 0 unspecified atom stereocenters. The molecule has 0 aliphatic carbocycles. The predicted octanol–water partition coefficient (Wildman–Crippen LogP) is 5.48. The maximum absolute atomic E-state index is 13.7. The van der Waals surface area contributed by atoms with Crippen LogP contribution in [0.4, 0.5) is 5.69 Å². The lowest BCUT2D eigenvalue weighted by Gasteiger charge is -2.42. The largest absolute Gasteiger partial charge is 0.507 e. The number of nitrogens with one attached hydrogen (secondary N) is 1. The third kappa shape index (κ3) is 6.34. The summed E-state index contributed by atoms with van der Waals surface area (Å²) in [5.74, 6) is 6.63. The normalized spacial score (nSPS) is 17.2. The molecule has 2 N–H and O–H groups in total. The molecule has 2 saturated heterocycles. The molecule has 0 saturated carbocycles. The summed E-state index contributed by atoms with van der Waals surface area (Å²) in [5, 5.41) is 18.3. The van der Waals surface area contributed by atoms with Gasteiger partial charge in [-0.25, -0.2) is 0 Å². The van der Waals surface area contributed by atoms with Gasteiger partial charge in [-0.15, -0.1) is 11.8 Å². The maximum atomic E-state index is 13.7. The van der Waals surface area contributed by atoms with Crippen LogP contribution >= 0.6 is 23.4 Å². The fourth-order valence-corrected chi connectivity index (χ4v) is 7.43. The van der Waals surface area contributed by atoms with Crippen molar-refractivity contribution in [2.24, 2.45) is 7.05 Å². The Hall–Kier alpha value is -4.23. The lowest BCUT2D eigenvalue weighted by molar-refractivity contribution is -0.142. The van der Waals surface area contributed by atoms with Gasteiger partial charge in [0.25, 0.3) is 0 Å². The highest BCUT2D eigenvalue weighted by Gasteiger charge is 2.52. The van der Waals surface area contributed by atoms with Crippen LogP contribution in [0.3, 0.4) is 0 Å². The number of aromatic nitrogens is 2. The van der Waals surface area contributed by atoms with E-state index in [0.717, 1.165) is 11.1 Å². The van der Waals surface area contributed by atoms with Gasteiger partial charge in [-0.1, -0.05) is 53.8 Å². The van der Waals surface area contributed by atoms with Gasteiger partial charge in [0.2, 0.25) is 11.8 Å². The Labute approximate surface area is 265 Å². The fourth-order valence-electron chi connectivity index (χ4n) is 5.67. The van der Waals surface area contributed by atoms with Crippen molar-refractivity contribution in [3.63, 3.8) is 0 Å². The molecule has 4 aromatic rings. The molecule has 6 rings (SSSR count). The van der Waals surface area contributed by atoms with Gasteiger partial charge in [-0.05, 0) is 48.0 Å². The van der Waals surface area contributed by atoms with Crippen molar-refractivity contribution in [3.05, 3.63) is 101 Å². The molecular weight excluding hydrogens is 596 g/mol. The fraction of sp³-hybridized carbons (Fsp3) is 0.265. The summed E-state index contributed by atoms with van der Waals surface area (Å²) in [7, 11) is 1.79. The van der Waals surface area contributed by atoms with Gasteiger partial charge in [0.15, 0.2) is 0 Å². The summed E-state index contributed by atoms with van der Waals surface area (Å²) in [6.45, 7) is 1.14. The Morgan fingerprint density at radius 2 is 1.84 bits per heavy atom. The SMILES string of the molecule is Cn1cc(C#Cc2ccc(NC(=O)[C@@H]3CSC4(CCOCC4)N3C(=O)Cc3ccccc3)cc2)c(-c2cc(Cl)ccc2O)n1. The molecule has 224 valence electrons. The van der Waals surface area contributed by atoms with Crippen molar-refractivity contribution in [3.8, 4) is 28.8 Å². The summed E-state index contributed by atoms with van der Waals surface area (Å²) in [5.41, 5.74) is 3.97. The number of hydrogen-bond donors (Lipinski definition) is 2. The standard InChI is InChI=1S/C34H31ClN4O4S/c1-38-21-25(32(37-38)28-20-26(35)11-14-30(28)40)10-7-23-8-12-27(13-9-23)36-33(42)29-22-44-34(15-17-43-18-16-34)39(29)31(41)19-24-5-3-2-4-6-24/h2-6,8-9,11-14,20-21,29,40H,15-19,22H2,1H3,(H,36,42)/t29-/m0/s1. The Bertz CT molecular complexity index is 1740. The second-order valence-electron chi connectivity index (χ2n) is 10.9. The van der Waals surface area contributed by atoms with Crippen molar-refractivity contribution in [1.29, 1.82) is 0 Å². The van der Waals surface area contributed by atoms with Gasteiger partial charge in [-0.3, -0.25) is 14.3 Å². The highest BCUT2D eigenvalue weighted by atomic mass is 35.5. The Morgan fingerprint density at radius 1 is 1.09 bits per heavy atom. The van der Waals surface area contributed by atoms with E-state index in [-0.39, 0.29) is 24.0 Å². The van der Waals surface area contributed by atoms with Crippen molar-refractivity contribution in [1.82, 2.24) is 14.7 Å².